The van der Waals surface area contributed by atoms with Crippen LogP contribution in [-0.4, -0.2) is 35.6 Å². The monoisotopic (exact) mass is 253 g/mol. The summed E-state index contributed by atoms with van der Waals surface area (Å²) in [6.45, 7) is 5.19. The van der Waals surface area contributed by atoms with Gasteiger partial charge in [0, 0.05) is 6.54 Å². The van der Waals surface area contributed by atoms with E-state index in [9.17, 15) is 9.90 Å². The van der Waals surface area contributed by atoms with Crippen molar-refractivity contribution in [3.63, 3.8) is 0 Å². The number of hydrogen-bond acceptors (Lipinski definition) is 2. The summed E-state index contributed by atoms with van der Waals surface area (Å²) in [5.41, 5.74) is -0.428. The van der Waals surface area contributed by atoms with Gasteiger partial charge in [-0.25, -0.2) is 0 Å². The second-order valence-electron chi connectivity index (χ2n) is 6.24. The maximum atomic E-state index is 11.4. The van der Waals surface area contributed by atoms with Gasteiger partial charge in [0.25, 0.3) is 0 Å². The third kappa shape index (κ3) is 3.05. The second kappa shape index (κ2) is 6.05. The standard InChI is InChI=1S/C15H27NO2/c1-2-15(14(17)18)8-10-16(11-9-15)12-13-6-4-3-5-7-13/h13H,2-12H2,1H3,(H,17,18). The Morgan fingerprint density at radius 3 is 2.33 bits per heavy atom. The van der Waals surface area contributed by atoms with Crippen LogP contribution in [0.5, 0.6) is 0 Å². The van der Waals surface area contributed by atoms with Crippen LogP contribution in [0, 0.1) is 11.3 Å². The van der Waals surface area contributed by atoms with Gasteiger partial charge in [-0.1, -0.05) is 26.2 Å². The molecule has 1 saturated carbocycles. The average molecular weight is 253 g/mol. The van der Waals surface area contributed by atoms with Crippen molar-refractivity contribution in [2.24, 2.45) is 11.3 Å². The molecule has 18 heavy (non-hydrogen) atoms. The summed E-state index contributed by atoms with van der Waals surface area (Å²) in [5.74, 6) is 0.292. The number of hydrogen-bond donors (Lipinski definition) is 1. The molecule has 1 aliphatic heterocycles. The molecular weight excluding hydrogens is 226 g/mol. The molecule has 2 fully saturated rings. The first-order chi connectivity index (χ1) is 8.66. The fraction of sp³-hybridized carbons (Fsp3) is 0.933. The Labute approximate surface area is 111 Å². The Morgan fingerprint density at radius 1 is 1.22 bits per heavy atom. The topological polar surface area (TPSA) is 40.5 Å². The van der Waals surface area contributed by atoms with Crippen molar-refractivity contribution in [2.75, 3.05) is 19.6 Å². The van der Waals surface area contributed by atoms with Gasteiger partial charge in [-0.15, -0.1) is 0 Å². The molecule has 1 heterocycles. The Kier molecular flexibility index (Phi) is 4.66. The molecule has 1 saturated heterocycles. The molecule has 0 amide bonds. The summed E-state index contributed by atoms with van der Waals surface area (Å²) in [6, 6.07) is 0. The van der Waals surface area contributed by atoms with Crippen molar-refractivity contribution in [1.82, 2.24) is 4.90 Å². The van der Waals surface area contributed by atoms with E-state index < -0.39 is 11.4 Å². The number of carboxylic acids is 1. The summed E-state index contributed by atoms with van der Waals surface area (Å²) < 4.78 is 0. The predicted octanol–water partition coefficient (Wildman–Crippen LogP) is 3.14. The van der Waals surface area contributed by atoms with E-state index in [0.717, 1.165) is 38.3 Å². The average Bonchev–Trinajstić information content (AvgIpc) is 2.41. The maximum absolute atomic E-state index is 11.4. The molecule has 0 bridgehead atoms. The summed E-state index contributed by atoms with van der Waals surface area (Å²) in [4.78, 5) is 13.9. The van der Waals surface area contributed by atoms with Gasteiger partial charge in [-0.05, 0) is 51.1 Å². The first kappa shape index (κ1) is 13.9. The van der Waals surface area contributed by atoms with Gasteiger partial charge < -0.3 is 10.0 Å². The first-order valence-corrected chi connectivity index (χ1v) is 7.62. The molecule has 0 spiro atoms. The van der Waals surface area contributed by atoms with Gasteiger partial charge in [-0.2, -0.15) is 0 Å². The van der Waals surface area contributed by atoms with E-state index in [1.165, 1.54) is 38.6 Å². The molecule has 0 radical (unpaired) electrons. The molecule has 1 aliphatic carbocycles. The van der Waals surface area contributed by atoms with E-state index in [-0.39, 0.29) is 0 Å². The smallest absolute Gasteiger partial charge is 0.309 e. The zero-order valence-corrected chi connectivity index (χ0v) is 11.7. The highest BCUT2D eigenvalue weighted by atomic mass is 16.4. The molecule has 0 unspecified atom stereocenters. The second-order valence-corrected chi connectivity index (χ2v) is 6.24. The van der Waals surface area contributed by atoms with Gasteiger partial charge in [0.2, 0.25) is 0 Å². The van der Waals surface area contributed by atoms with Crippen molar-refractivity contribution in [3.8, 4) is 0 Å². The van der Waals surface area contributed by atoms with Crippen molar-refractivity contribution < 1.29 is 9.90 Å². The van der Waals surface area contributed by atoms with Gasteiger partial charge in [-0.3, -0.25) is 4.79 Å². The lowest BCUT2D eigenvalue weighted by molar-refractivity contribution is -0.152. The minimum atomic E-state index is -0.581. The summed E-state index contributed by atoms with van der Waals surface area (Å²) in [7, 11) is 0. The van der Waals surface area contributed by atoms with Crippen molar-refractivity contribution in [3.05, 3.63) is 0 Å². The molecule has 0 aromatic carbocycles. The molecule has 0 aromatic heterocycles. The molecule has 0 aromatic rings. The normalized spacial score (nSPS) is 26.1. The van der Waals surface area contributed by atoms with Crippen LogP contribution in [0.2, 0.25) is 0 Å². The predicted molar refractivity (Wildman–Crippen MR) is 72.6 cm³/mol. The lowest BCUT2D eigenvalue weighted by atomic mass is 9.76. The van der Waals surface area contributed by atoms with Crippen LogP contribution in [0.4, 0.5) is 0 Å². The summed E-state index contributed by atoms with van der Waals surface area (Å²) in [6.07, 6.45) is 9.42. The van der Waals surface area contributed by atoms with Crippen molar-refractivity contribution >= 4 is 5.97 Å². The van der Waals surface area contributed by atoms with Crippen molar-refractivity contribution in [2.45, 2.75) is 58.3 Å². The highest BCUT2D eigenvalue weighted by Gasteiger charge is 2.39. The van der Waals surface area contributed by atoms with Gasteiger partial charge >= 0.3 is 5.97 Å². The van der Waals surface area contributed by atoms with Crippen LogP contribution in [0.15, 0.2) is 0 Å². The Bertz CT molecular complexity index is 276. The molecular formula is C15H27NO2. The maximum Gasteiger partial charge on any atom is 0.309 e. The minimum Gasteiger partial charge on any atom is -0.481 e. The number of rotatable bonds is 4. The highest BCUT2D eigenvalue weighted by Crippen LogP contribution is 2.36. The van der Waals surface area contributed by atoms with Crippen LogP contribution in [0.1, 0.15) is 58.3 Å². The minimum absolute atomic E-state index is 0.428. The van der Waals surface area contributed by atoms with Crippen molar-refractivity contribution in [1.29, 1.82) is 0 Å². The fourth-order valence-electron chi connectivity index (χ4n) is 3.62. The van der Waals surface area contributed by atoms with Gasteiger partial charge in [0.15, 0.2) is 0 Å². The zero-order chi connectivity index (χ0) is 13.0. The van der Waals surface area contributed by atoms with E-state index in [4.69, 9.17) is 0 Å². The third-order valence-electron chi connectivity index (χ3n) is 5.18. The van der Waals surface area contributed by atoms with E-state index in [0.29, 0.717) is 0 Å². The summed E-state index contributed by atoms with van der Waals surface area (Å²) >= 11 is 0. The SMILES string of the molecule is CCC1(C(=O)O)CCN(CC2CCCCC2)CC1. The van der Waals surface area contributed by atoms with Crippen LogP contribution in [0.3, 0.4) is 0 Å². The van der Waals surface area contributed by atoms with E-state index in [1.54, 1.807) is 0 Å². The zero-order valence-electron chi connectivity index (χ0n) is 11.7. The van der Waals surface area contributed by atoms with E-state index in [2.05, 4.69) is 4.90 Å². The number of piperidine rings is 1. The number of carbonyl (C=O) groups is 1. The Balaban J connectivity index is 1.80. The quantitative estimate of drug-likeness (QED) is 0.836. The number of nitrogens with zero attached hydrogens (tertiary/aromatic N) is 1. The molecule has 2 rings (SSSR count). The third-order valence-corrected chi connectivity index (χ3v) is 5.18. The highest BCUT2D eigenvalue weighted by molar-refractivity contribution is 5.74. The van der Waals surface area contributed by atoms with Gasteiger partial charge in [0.1, 0.15) is 0 Å². The lowest BCUT2D eigenvalue weighted by Crippen LogP contribution is -2.45. The Hall–Kier alpha value is -0.570. The number of carboxylic acid groups (broad SMARTS) is 1. The van der Waals surface area contributed by atoms with E-state index >= 15 is 0 Å². The van der Waals surface area contributed by atoms with Crippen LogP contribution >= 0.6 is 0 Å². The Morgan fingerprint density at radius 2 is 1.83 bits per heavy atom. The molecule has 3 heteroatoms. The van der Waals surface area contributed by atoms with Crippen LogP contribution < -0.4 is 0 Å². The molecule has 104 valence electrons. The molecule has 2 aliphatic rings. The molecule has 1 N–H and O–H groups in total. The first-order valence-electron chi connectivity index (χ1n) is 7.62. The summed E-state index contributed by atoms with van der Waals surface area (Å²) in [5, 5.41) is 9.38. The largest absolute Gasteiger partial charge is 0.481 e. The number of aliphatic carboxylic acids is 1. The van der Waals surface area contributed by atoms with Crippen LogP contribution in [-0.2, 0) is 4.79 Å². The van der Waals surface area contributed by atoms with Crippen LogP contribution in [0.25, 0.3) is 0 Å². The molecule has 3 nitrogen and oxygen atoms in total. The van der Waals surface area contributed by atoms with Gasteiger partial charge in [0.05, 0.1) is 5.41 Å². The molecule has 0 atom stereocenters. The van der Waals surface area contributed by atoms with E-state index in [1.807, 2.05) is 6.92 Å². The fourth-order valence-corrected chi connectivity index (χ4v) is 3.62. The lowest BCUT2D eigenvalue weighted by Gasteiger charge is -2.40. The number of likely N-dealkylation sites (tertiary alicyclic amines) is 1.